The quantitative estimate of drug-likeness (QED) is 0.749. The smallest absolute Gasteiger partial charge is 0.0411 e. The van der Waals surface area contributed by atoms with Crippen LogP contribution in [0.15, 0.2) is 12.1 Å². The van der Waals surface area contributed by atoms with Crippen LogP contribution in [0.2, 0.25) is 5.02 Å². The van der Waals surface area contributed by atoms with Crippen molar-refractivity contribution in [3.8, 4) is 0 Å². The van der Waals surface area contributed by atoms with Gasteiger partial charge in [-0.1, -0.05) is 11.6 Å². The SMILES string of the molecule is Cc1cc(Cl)cc(CCN)c1C. The molecule has 0 aliphatic carbocycles. The molecule has 2 heteroatoms. The third-order valence-corrected chi connectivity index (χ3v) is 2.37. The molecule has 0 aliphatic rings. The standard InChI is InChI=1S/C10H14ClN/c1-7-5-10(11)6-9(3-4-12)8(7)2/h5-6H,3-4,12H2,1-2H3. The fourth-order valence-electron chi connectivity index (χ4n) is 1.30. The molecule has 1 aromatic carbocycles. The number of nitrogens with two attached hydrogens (primary N) is 1. The van der Waals surface area contributed by atoms with Gasteiger partial charge in [-0.3, -0.25) is 0 Å². The number of aryl methyl sites for hydroxylation is 1. The second kappa shape index (κ2) is 3.92. The predicted octanol–water partition coefficient (Wildman–Crippen LogP) is 2.46. The maximum atomic E-state index is 5.92. The first-order valence-electron chi connectivity index (χ1n) is 4.11. The lowest BCUT2D eigenvalue weighted by atomic mass is 10.0. The Morgan fingerprint density at radius 1 is 1.33 bits per heavy atom. The van der Waals surface area contributed by atoms with Crippen LogP contribution >= 0.6 is 11.6 Å². The van der Waals surface area contributed by atoms with Gasteiger partial charge in [0, 0.05) is 5.02 Å². The van der Waals surface area contributed by atoms with Crippen molar-refractivity contribution in [1.29, 1.82) is 0 Å². The van der Waals surface area contributed by atoms with Crippen LogP contribution in [-0.4, -0.2) is 6.54 Å². The lowest BCUT2D eigenvalue weighted by Gasteiger charge is -2.07. The van der Waals surface area contributed by atoms with Gasteiger partial charge < -0.3 is 5.73 Å². The van der Waals surface area contributed by atoms with E-state index >= 15 is 0 Å². The van der Waals surface area contributed by atoms with Gasteiger partial charge in [-0.05, 0) is 55.6 Å². The fraction of sp³-hybridized carbons (Fsp3) is 0.400. The minimum atomic E-state index is 0.681. The molecule has 0 atom stereocenters. The van der Waals surface area contributed by atoms with Crippen LogP contribution in [0.4, 0.5) is 0 Å². The Hall–Kier alpha value is -0.530. The summed E-state index contributed by atoms with van der Waals surface area (Å²) in [7, 11) is 0. The van der Waals surface area contributed by atoms with Crippen molar-refractivity contribution in [1.82, 2.24) is 0 Å². The summed E-state index contributed by atoms with van der Waals surface area (Å²) in [6, 6.07) is 3.98. The van der Waals surface area contributed by atoms with E-state index in [0.29, 0.717) is 6.54 Å². The molecule has 66 valence electrons. The van der Waals surface area contributed by atoms with E-state index in [1.165, 1.54) is 16.7 Å². The number of halogens is 1. The van der Waals surface area contributed by atoms with Crippen LogP contribution in [0.3, 0.4) is 0 Å². The van der Waals surface area contributed by atoms with Gasteiger partial charge in [-0.25, -0.2) is 0 Å². The Morgan fingerprint density at radius 2 is 2.00 bits per heavy atom. The summed E-state index contributed by atoms with van der Waals surface area (Å²) in [5, 5.41) is 0.807. The summed E-state index contributed by atoms with van der Waals surface area (Å²) < 4.78 is 0. The molecular weight excluding hydrogens is 170 g/mol. The Bertz CT molecular complexity index is 281. The number of benzene rings is 1. The predicted molar refractivity (Wildman–Crippen MR) is 53.7 cm³/mol. The van der Waals surface area contributed by atoms with Gasteiger partial charge in [0.2, 0.25) is 0 Å². The summed E-state index contributed by atoms with van der Waals surface area (Å²) >= 11 is 5.92. The highest BCUT2D eigenvalue weighted by atomic mass is 35.5. The molecule has 0 heterocycles. The van der Waals surface area contributed by atoms with E-state index in [0.717, 1.165) is 11.4 Å². The molecule has 1 nitrogen and oxygen atoms in total. The average molecular weight is 184 g/mol. The summed E-state index contributed by atoms with van der Waals surface area (Å²) in [5.74, 6) is 0. The van der Waals surface area contributed by atoms with Gasteiger partial charge in [-0.2, -0.15) is 0 Å². The lowest BCUT2D eigenvalue weighted by Crippen LogP contribution is -2.04. The summed E-state index contributed by atoms with van der Waals surface area (Å²) in [6.45, 7) is 4.86. The van der Waals surface area contributed by atoms with E-state index in [9.17, 15) is 0 Å². The van der Waals surface area contributed by atoms with Gasteiger partial charge in [0.15, 0.2) is 0 Å². The zero-order chi connectivity index (χ0) is 9.14. The Balaban J connectivity index is 3.09. The maximum Gasteiger partial charge on any atom is 0.0411 e. The van der Waals surface area contributed by atoms with Crippen molar-refractivity contribution in [3.63, 3.8) is 0 Å². The second-order valence-electron chi connectivity index (χ2n) is 3.05. The highest BCUT2D eigenvalue weighted by Crippen LogP contribution is 2.19. The van der Waals surface area contributed by atoms with Crippen LogP contribution in [0.5, 0.6) is 0 Å². The topological polar surface area (TPSA) is 26.0 Å². The molecule has 0 saturated carbocycles. The Morgan fingerprint density at radius 3 is 2.58 bits per heavy atom. The van der Waals surface area contributed by atoms with Crippen molar-refractivity contribution in [3.05, 3.63) is 33.8 Å². The monoisotopic (exact) mass is 183 g/mol. The molecule has 0 bridgehead atoms. The third-order valence-electron chi connectivity index (χ3n) is 2.15. The normalized spacial score (nSPS) is 10.3. The van der Waals surface area contributed by atoms with E-state index in [-0.39, 0.29) is 0 Å². The Labute approximate surface area is 78.5 Å². The first-order valence-corrected chi connectivity index (χ1v) is 4.48. The molecule has 0 unspecified atom stereocenters. The minimum absolute atomic E-state index is 0.681. The van der Waals surface area contributed by atoms with Gasteiger partial charge in [0.1, 0.15) is 0 Å². The van der Waals surface area contributed by atoms with Gasteiger partial charge in [-0.15, -0.1) is 0 Å². The number of rotatable bonds is 2. The molecule has 0 radical (unpaired) electrons. The largest absolute Gasteiger partial charge is 0.330 e. The second-order valence-corrected chi connectivity index (χ2v) is 3.48. The molecule has 1 rings (SSSR count). The minimum Gasteiger partial charge on any atom is -0.330 e. The van der Waals surface area contributed by atoms with Gasteiger partial charge in [0.25, 0.3) is 0 Å². The van der Waals surface area contributed by atoms with Crippen LogP contribution < -0.4 is 5.73 Å². The lowest BCUT2D eigenvalue weighted by molar-refractivity contribution is 0.954. The first-order chi connectivity index (χ1) is 5.65. The highest BCUT2D eigenvalue weighted by molar-refractivity contribution is 6.30. The summed E-state index contributed by atoms with van der Waals surface area (Å²) in [6.07, 6.45) is 0.910. The van der Waals surface area contributed by atoms with Crippen LogP contribution in [0, 0.1) is 13.8 Å². The molecule has 2 N–H and O–H groups in total. The fourth-order valence-corrected chi connectivity index (χ4v) is 1.60. The molecule has 12 heavy (non-hydrogen) atoms. The van der Waals surface area contributed by atoms with E-state index in [4.69, 9.17) is 17.3 Å². The molecule has 0 amide bonds. The molecule has 0 saturated heterocycles. The van der Waals surface area contributed by atoms with Gasteiger partial charge >= 0.3 is 0 Å². The van der Waals surface area contributed by atoms with Crippen LogP contribution in [-0.2, 0) is 6.42 Å². The number of hydrogen-bond donors (Lipinski definition) is 1. The van der Waals surface area contributed by atoms with E-state index in [1.54, 1.807) is 0 Å². The summed E-state index contributed by atoms with van der Waals surface area (Å²) in [5.41, 5.74) is 9.30. The molecule has 0 aliphatic heterocycles. The van der Waals surface area contributed by atoms with Crippen molar-refractivity contribution in [2.75, 3.05) is 6.54 Å². The maximum absolute atomic E-state index is 5.92. The molecular formula is C10H14ClN. The third kappa shape index (κ3) is 1.99. The first kappa shape index (κ1) is 9.56. The summed E-state index contributed by atoms with van der Waals surface area (Å²) in [4.78, 5) is 0. The highest BCUT2D eigenvalue weighted by Gasteiger charge is 2.01. The van der Waals surface area contributed by atoms with Crippen molar-refractivity contribution in [2.45, 2.75) is 20.3 Å². The van der Waals surface area contributed by atoms with Gasteiger partial charge in [0.05, 0.1) is 0 Å². The average Bonchev–Trinajstić information content (AvgIpc) is 2.00. The van der Waals surface area contributed by atoms with Crippen molar-refractivity contribution >= 4 is 11.6 Å². The molecule has 1 aromatic rings. The molecule has 0 fully saturated rings. The van der Waals surface area contributed by atoms with Crippen molar-refractivity contribution < 1.29 is 0 Å². The van der Waals surface area contributed by atoms with Crippen molar-refractivity contribution in [2.24, 2.45) is 5.73 Å². The van der Waals surface area contributed by atoms with Crippen LogP contribution in [0.1, 0.15) is 16.7 Å². The van der Waals surface area contributed by atoms with Crippen LogP contribution in [0.25, 0.3) is 0 Å². The molecule has 0 aromatic heterocycles. The Kier molecular flexibility index (Phi) is 3.12. The van der Waals surface area contributed by atoms with E-state index in [1.807, 2.05) is 12.1 Å². The van der Waals surface area contributed by atoms with E-state index in [2.05, 4.69) is 13.8 Å². The number of hydrogen-bond acceptors (Lipinski definition) is 1. The zero-order valence-electron chi connectivity index (χ0n) is 7.52. The zero-order valence-corrected chi connectivity index (χ0v) is 8.28. The molecule has 0 spiro atoms. The van der Waals surface area contributed by atoms with E-state index < -0.39 is 0 Å².